The molecule has 26 heavy (non-hydrogen) atoms. The highest BCUT2D eigenvalue weighted by molar-refractivity contribution is 7.89. The first kappa shape index (κ1) is 19.2. The van der Waals surface area contributed by atoms with Gasteiger partial charge in [-0.05, 0) is 49.6 Å². The fourth-order valence-corrected chi connectivity index (χ4v) is 5.04. The van der Waals surface area contributed by atoms with Crippen LogP contribution in [-0.4, -0.2) is 31.2 Å². The number of sulfonamides is 1. The van der Waals surface area contributed by atoms with Gasteiger partial charge in [-0.2, -0.15) is 4.31 Å². The first-order valence-corrected chi connectivity index (χ1v) is 10.3. The Morgan fingerprint density at radius 2 is 1.88 bits per heavy atom. The van der Waals surface area contributed by atoms with Crippen molar-refractivity contribution in [3.8, 4) is 0 Å². The average molecular weight is 413 g/mol. The van der Waals surface area contributed by atoms with Crippen LogP contribution in [0.5, 0.6) is 0 Å². The largest absolute Gasteiger partial charge is 0.324 e. The van der Waals surface area contributed by atoms with E-state index in [-0.39, 0.29) is 27.4 Å². The van der Waals surface area contributed by atoms with Gasteiger partial charge in [-0.3, -0.25) is 4.79 Å². The van der Waals surface area contributed by atoms with Crippen molar-refractivity contribution in [2.24, 2.45) is 0 Å². The lowest BCUT2D eigenvalue weighted by atomic mass is 10.1. The van der Waals surface area contributed by atoms with Gasteiger partial charge in [0.15, 0.2) is 0 Å². The van der Waals surface area contributed by atoms with Crippen molar-refractivity contribution in [3.63, 3.8) is 0 Å². The van der Waals surface area contributed by atoms with Crippen molar-refractivity contribution in [1.82, 2.24) is 4.31 Å². The number of carbonyl (C=O) groups is 1. The summed E-state index contributed by atoms with van der Waals surface area (Å²) in [5.74, 6) is -0.333. The van der Waals surface area contributed by atoms with Gasteiger partial charge >= 0.3 is 0 Å². The summed E-state index contributed by atoms with van der Waals surface area (Å²) in [6, 6.07) is 10.8. The summed E-state index contributed by atoms with van der Waals surface area (Å²) in [6.45, 7) is 2.17. The summed E-state index contributed by atoms with van der Waals surface area (Å²) < 4.78 is 27.2. The molecular weight excluding hydrogens is 395 g/mol. The van der Waals surface area contributed by atoms with Crippen molar-refractivity contribution in [3.05, 3.63) is 58.1 Å². The molecule has 0 spiro atoms. The van der Waals surface area contributed by atoms with Crippen LogP contribution in [-0.2, 0) is 14.8 Å². The fourth-order valence-electron chi connectivity index (χ4n) is 2.99. The summed E-state index contributed by atoms with van der Waals surface area (Å²) in [5.41, 5.74) is 1.59. The van der Waals surface area contributed by atoms with Crippen LogP contribution >= 0.6 is 23.2 Å². The number of aryl methyl sites for hydroxylation is 1. The van der Waals surface area contributed by atoms with Gasteiger partial charge in [0.05, 0.1) is 14.9 Å². The SMILES string of the molecule is Cc1ccccc1NC(=O)[C@@H]1CCCN1S(=O)(=O)c1ccc(Cl)c(Cl)c1. The first-order chi connectivity index (χ1) is 12.3. The van der Waals surface area contributed by atoms with Gasteiger partial charge in [0.2, 0.25) is 15.9 Å². The van der Waals surface area contributed by atoms with E-state index in [1.54, 1.807) is 6.07 Å². The predicted octanol–water partition coefficient (Wildman–Crippen LogP) is 4.09. The molecule has 1 heterocycles. The highest BCUT2D eigenvalue weighted by Crippen LogP contribution is 2.31. The lowest BCUT2D eigenvalue weighted by molar-refractivity contribution is -0.119. The Labute approximate surface area is 163 Å². The molecule has 8 heteroatoms. The molecule has 3 rings (SSSR count). The van der Waals surface area contributed by atoms with Gasteiger partial charge in [0.1, 0.15) is 6.04 Å². The Hall–Kier alpha value is -1.60. The summed E-state index contributed by atoms with van der Waals surface area (Å²) >= 11 is 11.8. The second-order valence-electron chi connectivity index (χ2n) is 6.15. The van der Waals surface area contributed by atoms with Gasteiger partial charge in [-0.15, -0.1) is 0 Å². The maximum absolute atomic E-state index is 13.0. The molecule has 1 amide bonds. The molecule has 138 valence electrons. The number of hydrogen-bond acceptors (Lipinski definition) is 3. The molecule has 0 unspecified atom stereocenters. The molecular formula is C18H18Cl2N2O3S. The van der Waals surface area contributed by atoms with Crippen molar-refractivity contribution < 1.29 is 13.2 Å². The van der Waals surface area contributed by atoms with E-state index in [1.807, 2.05) is 25.1 Å². The van der Waals surface area contributed by atoms with Crippen molar-refractivity contribution in [2.75, 3.05) is 11.9 Å². The summed E-state index contributed by atoms with van der Waals surface area (Å²) in [4.78, 5) is 12.7. The number of rotatable bonds is 4. The third-order valence-electron chi connectivity index (χ3n) is 4.41. The number of anilines is 1. The maximum atomic E-state index is 13.0. The smallest absolute Gasteiger partial charge is 0.243 e. The minimum Gasteiger partial charge on any atom is -0.324 e. The molecule has 2 aromatic rings. The predicted molar refractivity (Wildman–Crippen MR) is 103 cm³/mol. The van der Waals surface area contributed by atoms with E-state index in [4.69, 9.17) is 23.2 Å². The Kier molecular flexibility index (Phi) is 5.58. The van der Waals surface area contributed by atoms with E-state index in [0.29, 0.717) is 18.5 Å². The second-order valence-corrected chi connectivity index (χ2v) is 8.86. The molecule has 5 nitrogen and oxygen atoms in total. The minimum absolute atomic E-state index is 0.0301. The average Bonchev–Trinajstić information content (AvgIpc) is 3.10. The lowest BCUT2D eigenvalue weighted by Crippen LogP contribution is -2.43. The number of hydrogen-bond donors (Lipinski definition) is 1. The molecule has 2 aromatic carbocycles. The lowest BCUT2D eigenvalue weighted by Gasteiger charge is -2.24. The monoisotopic (exact) mass is 412 g/mol. The topological polar surface area (TPSA) is 66.5 Å². The zero-order chi connectivity index (χ0) is 18.9. The molecule has 1 fully saturated rings. The van der Waals surface area contributed by atoms with Crippen LogP contribution in [0.3, 0.4) is 0 Å². The van der Waals surface area contributed by atoms with Gasteiger partial charge in [0, 0.05) is 12.2 Å². The highest BCUT2D eigenvalue weighted by Gasteiger charge is 2.39. The van der Waals surface area contributed by atoms with Crippen molar-refractivity contribution in [1.29, 1.82) is 0 Å². The van der Waals surface area contributed by atoms with E-state index in [1.165, 1.54) is 22.5 Å². The van der Waals surface area contributed by atoms with Crippen molar-refractivity contribution >= 4 is 44.8 Å². The zero-order valence-electron chi connectivity index (χ0n) is 14.1. The normalized spacial score (nSPS) is 18.0. The standard InChI is InChI=1S/C18H18Cl2N2O3S/c1-12-5-2-3-6-16(12)21-18(23)17-7-4-10-22(17)26(24,25)13-8-9-14(19)15(20)11-13/h2-3,5-6,8-9,11,17H,4,7,10H2,1H3,(H,21,23)/t17-/m0/s1. The van der Waals surface area contributed by atoms with Gasteiger partial charge < -0.3 is 5.32 Å². The van der Waals surface area contributed by atoms with Crippen LogP contribution in [0.1, 0.15) is 18.4 Å². The Morgan fingerprint density at radius 3 is 2.58 bits per heavy atom. The number of carbonyl (C=O) groups excluding carboxylic acids is 1. The molecule has 1 aliphatic rings. The number of para-hydroxylation sites is 1. The van der Waals surface area contributed by atoms with E-state index < -0.39 is 16.1 Å². The van der Waals surface area contributed by atoms with E-state index in [9.17, 15) is 13.2 Å². The molecule has 0 saturated carbocycles. The van der Waals surface area contributed by atoms with Crippen LogP contribution < -0.4 is 5.32 Å². The van der Waals surface area contributed by atoms with Crippen LogP contribution in [0.25, 0.3) is 0 Å². The Balaban J connectivity index is 1.86. The highest BCUT2D eigenvalue weighted by atomic mass is 35.5. The fraction of sp³-hybridized carbons (Fsp3) is 0.278. The summed E-state index contributed by atoms with van der Waals surface area (Å²) in [6.07, 6.45) is 1.09. The third kappa shape index (κ3) is 3.74. The van der Waals surface area contributed by atoms with Crippen molar-refractivity contribution in [2.45, 2.75) is 30.7 Å². The third-order valence-corrected chi connectivity index (χ3v) is 7.05. The van der Waals surface area contributed by atoms with Gasteiger partial charge in [0.25, 0.3) is 0 Å². The van der Waals surface area contributed by atoms with Crippen LogP contribution in [0.4, 0.5) is 5.69 Å². The first-order valence-electron chi connectivity index (χ1n) is 8.14. The molecule has 1 atom stereocenters. The Morgan fingerprint density at radius 1 is 1.15 bits per heavy atom. The number of benzene rings is 2. The van der Waals surface area contributed by atoms with Gasteiger partial charge in [-0.25, -0.2) is 8.42 Å². The van der Waals surface area contributed by atoms with Gasteiger partial charge in [-0.1, -0.05) is 41.4 Å². The van der Waals surface area contributed by atoms with Crippen LogP contribution in [0.2, 0.25) is 10.0 Å². The number of nitrogens with one attached hydrogen (secondary N) is 1. The number of nitrogens with zero attached hydrogens (tertiary/aromatic N) is 1. The van der Waals surface area contributed by atoms with Crippen LogP contribution in [0, 0.1) is 6.92 Å². The van der Waals surface area contributed by atoms with E-state index >= 15 is 0 Å². The number of amides is 1. The summed E-state index contributed by atoms with van der Waals surface area (Å²) in [5, 5.41) is 3.27. The second kappa shape index (κ2) is 7.56. The molecule has 1 aliphatic heterocycles. The summed E-state index contributed by atoms with van der Waals surface area (Å²) in [7, 11) is -3.85. The van der Waals surface area contributed by atoms with E-state index in [0.717, 1.165) is 5.56 Å². The van der Waals surface area contributed by atoms with E-state index in [2.05, 4.69) is 5.32 Å². The molecule has 0 radical (unpaired) electrons. The Bertz CT molecular complexity index is 947. The molecule has 0 bridgehead atoms. The van der Waals surface area contributed by atoms with Crippen LogP contribution in [0.15, 0.2) is 47.4 Å². The maximum Gasteiger partial charge on any atom is 0.243 e. The quantitative estimate of drug-likeness (QED) is 0.821. The molecule has 0 aliphatic carbocycles. The number of halogens is 2. The zero-order valence-corrected chi connectivity index (χ0v) is 16.4. The molecule has 1 saturated heterocycles. The molecule has 1 N–H and O–H groups in total. The molecule has 0 aromatic heterocycles. The minimum atomic E-state index is -3.85.